The minimum absolute atomic E-state index is 0.312. The van der Waals surface area contributed by atoms with Crippen LogP contribution in [0.2, 0.25) is 0 Å². The Balaban J connectivity index is 1.17. The van der Waals surface area contributed by atoms with Crippen LogP contribution >= 0.6 is 0 Å². The molecule has 2 fully saturated rings. The van der Waals surface area contributed by atoms with Gasteiger partial charge in [0, 0.05) is 24.9 Å². The first kappa shape index (κ1) is 24.1. The van der Waals surface area contributed by atoms with E-state index in [1.807, 2.05) is 50.5 Å². The maximum atomic E-state index is 13.1. The van der Waals surface area contributed by atoms with Gasteiger partial charge in [0.2, 0.25) is 0 Å². The summed E-state index contributed by atoms with van der Waals surface area (Å²) in [6.07, 6.45) is 8.96. The molecule has 192 valence electrons. The number of carbonyl (C=O) groups is 2. The third-order valence-electron chi connectivity index (χ3n) is 8.83. The van der Waals surface area contributed by atoms with Crippen molar-refractivity contribution in [3.05, 3.63) is 83.9 Å². The molecule has 0 N–H and O–H groups in total. The molecule has 0 radical (unpaired) electrons. The molecule has 0 spiro atoms. The number of hydrogen-bond acceptors (Lipinski definition) is 6. The van der Waals surface area contributed by atoms with Crippen LogP contribution < -0.4 is 0 Å². The third-order valence-corrected chi connectivity index (χ3v) is 8.83. The summed E-state index contributed by atoms with van der Waals surface area (Å²) in [5.74, 6) is -1.08. The molecule has 4 aliphatic heterocycles. The summed E-state index contributed by atoms with van der Waals surface area (Å²) in [6, 6.07) is 21.1. The number of ether oxygens (including phenoxy) is 2. The molecule has 37 heavy (non-hydrogen) atoms. The highest BCUT2D eigenvalue weighted by Crippen LogP contribution is 2.46. The number of fused-ring (bicyclic) bond motifs is 4. The van der Waals surface area contributed by atoms with Crippen LogP contribution in [0.15, 0.2) is 72.8 Å². The molecule has 4 bridgehead atoms. The second-order valence-electron chi connectivity index (χ2n) is 10.9. The molecule has 0 amide bonds. The fraction of sp³-hybridized carbons (Fsp3) is 0.419. The van der Waals surface area contributed by atoms with Gasteiger partial charge in [-0.15, -0.1) is 0 Å². The van der Waals surface area contributed by atoms with Crippen LogP contribution in [0.4, 0.5) is 0 Å². The van der Waals surface area contributed by atoms with Crippen LogP contribution in [0.5, 0.6) is 0 Å². The lowest BCUT2D eigenvalue weighted by molar-refractivity contribution is -0.180. The number of hydrogen-bond donors (Lipinski definition) is 0. The van der Waals surface area contributed by atoms with Gasteiger partial charge in [0.25, 0.3) is 0 Å². The first-order chi connectivity index (χ1) is 17.9. The minimum atomic E-state index is -0.815. The highest BCUT2D eigenvalue weighted by Gasteiger charge is 2.51. The Morgan fingerprint density at radius 2 is 1.14 bits per heavy atom. The van der Waals surface area contributed by atoms with Gasteiger partial charge in [-0.2, -0.15) is 0 Å². The van der Waals surface area contributed by atoms with E-state index in [4.69, 9.17) is 9.47 Å². The highest BCUT2D eigenvalue weighted by molar-refractivity contribution is 5.92. The van der Waals surface area contributed by atoms with Gasteiger partial charge >= 0.3 is 11.9 Å². The Kier molecular flexibility index (Phi) is 6.04. The summed E-state index contributed by atoms with van der Waals surface area (Å²) in [5, 5.41) is 0. The molecule has 0 aliphatic carbocycles. The van der Waals surface area contributed by atoms with Crippen LogP contribution in [0, 0.1) is 0 Å². The standard InChI is InChI=1S/C31H34N2O4/c1-32-26-13-15-30(32,20-24(17-26)22-9-5-3-6-10-22)36-28(34)19-29(35)37-31-16-14-27(33(31)2)18-25(21-31)23-11-7-4-8-12-23/h3-12,20-21,26-27H,13-19H2,1-2H3. The van der Waals surface area contributed by atoms with Gasteiger partial charge in [-0.25, -0.2) is 0 Å². The van der Waals surface area contributed by atoms with Crippen LogP contribution in [-0.4, -0.2) is 59.4 Å². The van der Waals surface area contributed by atoms with E-state index in [2.05, 4.69) is 46.2 Å². The molecule has 4 unspecified atom stereocenters. The number of benzene rings is 2. The zero-order valence-electron chi connectivity index (χ0n) is 21.6. The molecular formula is C31H34N2O4. The average Bonchev–Trinajstić information content (AvgIpc) is 3.18. The molecule has 0 saturated carbocycles. The van der Waals surface area contributed by atoms with E-state index in [-0.39, 0.29) is 0 Å². The zero-order valence-corrected chi connectivity index (χ0v) is 21.6. The summed E-state index contributed by atoms with van der Waals surface area (Å²) in [7, 11) is 4.01. The Morgan fingerprint density at radius 1 is 0.730 bits per heavy atom. The number of likely N-dealkylation sites (N-methyl/N-ethyl adjacent to an activating group) is 2. The van der Waals surface area contributed by atoms with Crippen molar-refractivity contribution in [3.63, 3.8) is 0 Å². The molecule has 2 saturated heterocycles. The lowest BCUT2D eigenvalue weighted by atomic mass is 9.94. The van der Waals surface area contributed by atoms with Gasteiger partial charge in [-0.05, 0) is 74.2 Å². The van der Waals surface area contributed by atoms with E-state index in [9.17, 15) is 9.59 Å². The predicted octanol–water partition coefficient (Wildman–Crippen LogP) is 5.02. The number of carbonyl (C=O) groups excluding carboxylic acids is 2. The van der Waals surface area contributed by atoms with E-state index in [1.54, 1.807) is 0 Å². The molecule has 2 aromatic rings. The Hall–Kier alpha value is -3.22. The van der Waals surface area contributed by atoms with Crippen LogP contribution in [-0.2, 0) is 19.1 Å². The molecule has 0 aromatic heterocycles. The lowest BCUT2D eigenvalue weighted by Gasteiger charge is -2.41. The molecule has 4 atom stereocenters. The SMILES string of the molecule is CN1C2CCC1(OC(=O)CC(=O)OC13C=C(c4ccccc4)CC(CC1)N3C)C=C(c1ccccc1)C2. The van der Waals surface area contributed by atoms with Crippen LogP contribution in [0.1, 0.15) is 56.1 Å². The summed E-state index contributed by atoms with van der Waals surface area (Å²) >= 11 is 0. The van der Waals surface area contributed by atoms with E-state index in [0.29, 0.717) is 12.1 Å². The normalized spacial score (nSPS) is 31.0. The monoisotopic (exact) mass is 498 g/mol. The van der Waals surface area contributed by atoms with Crippen molar-refractivity contribution in [2.75, 3.05) is 14.1 Å². The fourth-order valence-corrected chi connectivity index (χ4v) is 6.70. The van der Waals surface area contributed by atoms with E-state index in [1.165, 1.54) is 11.1 Å². The van der Waals surface area contributed by atoms with Crippen molar-refractivity contribution in [1.82, 2.24) is 9.80 Å². The predicted molar refractivity (Wildman–Crippen MR) is 142 cm³/mol. The van der Waals surface area contributed by atoms with Crippen molar-refractivity contribution in [3.8, 4) is 0 Å². The molecule has 6 rings (SSSR count). The molecule has 4 aliphatic rings. The smallest absolute Gasteiger partial charge is 0.319 e. The molecule has 2 aromatic carbocycles. The van der Waals surface area contributed by atoms with Gasteiger partial charge in [0.1, 0.15) is 6.42 Å². The topological polar surface area (TPSA) is 59.1 Å². The number of rotatable bonds is 6. The van der Waals surface area contributed by atoms with Crippen molar-refractivity contribution in [2.24, 2.45) is 0 Å². The highest BCUT2D eigenvalue weighted by atomic mass is 16.6. The fourth-order valence-electron chi connectivity index (χ4n) is 6.70. The summed E-state index contributed by atoms with van der Waals surface area (Å²) < 4.78 is 12.1. The zero-order chi connectivity index (χ0) is 25.6. The maximum Gasteiger partial charge on any atom is 0.319 e. The summed E-state index contributed by atoms with van der Waals surface area (Å²) in [4.78, 5) is 30.5. The summed E-state index contributed by atoms with van der Waals surface area (Å²) in [6.45, 7) is 0. The molecular weight excluding hydrogens is 464 g/mol. The Labute approximate surface area is 218 Å². The van der Waals surface area contributed by atoms with Crippen molar-refractivity contribution < 1.29 is 19.1 Å². The van der Waals surface area contributed by atoms with Gasteiger partial charge in [0.15, 0.2) is 11.4 Å². The second-order valence-corrected chi connectivity index (χ2v) is 10.9. The molecule has 6 nitrogen and oxygen atoms in total. The molecule has 4 heterocycles. The second kappa shape index (κ2) is 9.26. The van der Waals surface area contributed by atoms with Crippen molar-refractivity contribution in [2.45, 2.75) is 68.5 Å². The van der Waals surface area contributed by atoms with Gasteiger partial charge in [0.05, 0.1) is 0 Å². The molecule has 6 heteroatoms. The van der Waals surface area contributed by atoms with Crippen molar-refractivity contribution in [1.29, 1.82) is 0 Å². The Morgan fingerprint density at radius 3 is 1.54 bits per heavy atom. The van der Waals surface area contributed by atoms with E-state index < -0.39 is 29.8 Å². The minimum Gasteiger partial charge on any atom is -0.440 e. The van der Waals surface area contributed by atoms with Crippen LogP contribution in [0.3, 0.4) is 0 Å². The quantitative estimate of drug-likeness (QED) is 0.412. The number of esters is 2. The largest absolute Gasteiger partial charge is 0.440 e. The van der Waals surface area contributed by atoms with Crippen LogP contribution in [0.25, 0.3) is 11.1 Å². The first-order valence-electron chi connectivity index (χ1n) is 13.3. The van der Waals surface area contributed by atoms with Gasteiger partial charge in [-0.1, -0.05) is 60.7 Å². The van der Waals surface area contributed by atoms with E-state index in [0.717, 1.165) is 49.7 Å². The van der Waals surface area contributed by atoms with Crippen molar-refractivity contribution >= 4 is 23.1 Å². The maximum absolute atomic E-state index is 13.1. The van der Waals surface area contributed by atoms with Gasteiger partial charge < -0.3 is 9.47 Å². The number of nitrogens with zero attached hydrogens (tertiary/aromatic N) is 2. The van der Waals surface area contributed by atoms with Gasteiger partial charge in [-0.3, -0.25) is 19.4 Å². The van der Waals surface area contributed by atoms with E-state index >= 15 is 0 Å². The third kappa shape index (κ3) is 4.32. The average molecular weight is 499 g/mol. The Bertz CT molecular complexity index is 1160. The lowest BCUT2D eigenvalue weighted by Crippen LogP contribution is -2.50. The summed E-state index contributed by atoms with van der Waals surface area (Å²) in [5.41, 5.74) is 3.05. The first-order valence-corrected chi connectivity index (χ1v) is 13.3.